The average Bonchev–Trinajstić information content (AvgIpc) is 1.79. The van der Waals surface area contributed by atoms with Crippen molar-refractivity contribution in [3.63, 3.8) is 0 Å². The van der Waals surface area contributed by atoms with Gasteiger partial charge in [-0.25, -0.2) is 0 Å². The van der Waals surface area contributed by atoms with Crippen molar-refractivity contribution in [3.8, 4) is 0 Å². The molecule has 0 aliphatic carbocycles. The second-order valence-corrected chi connectivity index (χ2v) is 4.16. The molecule has 0 rings (SSSR count). The molecule has 0 aromatic carbocycles. The molecule has 14 heavy (non-hydrogen) atoms. The molecule has 0 aromatic heterocycles. The zero-order valence-electron chi connectivity index (χ0n) is 8.79. The van der Waals surface area contributed by atoms with Gasteiger partial charge in [-0.1, -0.05) is 0 Å². The van der Waals surface area contributed by atoms with E-state index in [1.807, 2.05) is 0 Å². The average molecular weight is 200 g/mol. The van der Waals surface area contributed by atoms with E-state index in [9.17, 15) is 14.7 Å². The van der Waals surface area contributed by atoms with Gasteiger partial charge in [0.25, 0.3) is 5.87 Å². The summed E-state index contributed by atoms with van der Waals surface area (Å²) in [5.41, 5.74) is -2.02. The Morgan fingerprint density at radius 3 is 1.93 bits per heavy atom. The highest BCUT2D eigenvalue weighted by Crippen LogP contribution is 2.20. The van der Waals surface area contributed by atoms with Gasteiger partial charge in [-0.2, -0.15) is 0 Å². The van der Waals surface area contributed by atoms with Gasteiger partial charge in [-0.15, -0.1) is 0 Å². The van der Waals surface area contributed by atoms with E-state index in [-0.39, 0.29) is 0 Å². The smallest absolute Gasteiger partial charge is 0.377 e. The van der Waals surface area contributed by atoms with Crippen molar-refractivity contribution in [2.45, 2.75) is 38.8 Å². The first-order valence-electron chi connectivity index (χ1n) is 4.18. The zero-order chi connectivity index (χ0) is 11.6. The summed E-state index contributed by atoms with van der Waals surface area (Å²) in [6.45, 7) is 6.29. The molecule has 0 aliphatic rings. The van der Waals surface area contributed by atoms with E-state index < -0.39 is 22.8 Å². The third-order valence-electron chi connectivity index (χ3n) is 2.22. The summed E-state index contributed by atoms with van der Waals surface area (Å²) in [7, 11) is 0.521. The number of carboxylic acid groups (broad SMARTS) is 1. The standard InChI is InChI=1S/C8H15BNO4/c1-7(2,8(3,4)14)10-5(11)9-6(12)13/h14H,1-4H3,(H,10,11)(H,12,13). The minimum atomic E-state index is -1.31. The predicted molar refractivity (Wildman–Crippen MR) is 52.7 cm³/mol. The fraction of sp³-hybridized carbons (Fsp3) is 0.750. The molecule has 0 heterocycles. The van der Waals surface area contributed by atoms with Crippen molar-refractivity contribution < 1.29 is 19.8 Å². The number of carbonyl (C=O) groups excluding carboxylic acids is 1. The molecule has 5 nitrogen and oxygen atoms in total. The van der Waals surface area contributed by atoms with Crippen LogP contribution in [0, 0.1) is 0 Å². The molecule has 6 heteroatoms. The highest BCUT2D eigenvalue weighted by Gasteiger charge is 2.36. The van der Waals surface area contributed by atoms with Crippen LogP contribution in [0.1, 0.15) is 27.7 Å². The lowest BCUT2D eigenvalue weighted by Crippen LogP contribution is -2.58. The monoisotopic (exact) mass is 200 g/mol. The summed E-state index contributed by atoms with van der Waals surface area (Å²) >= 11 is 0. The van der Waals surface area contributed by atoms with Gasteiger partial charge in [-0.05, 0) is 27.7 Å². The second kappa shape index (κ2) is 4.00. The summed E-state index contributed by atoms with van der Waals surface area (Å²) in [4.78, 5) is 21.2. The Kier molecular flexibility index (Phi) is 3.70. The van der Waals surface area contributed by atoms with Crippen molar-refractivity contribution in [2.24, 2.45) is 0 Å². The van der Waals surface area contributed by atoms with Gasteiger partial charge >= 0.3 is 7.28 Å². The second-order valence-electron chi connectivity index (χ2n) is 4.16. The molecule has 0 aromatic rings. The predicted octanol–water partition coefficient (Wildman–Crippen LogP) is 0.628. The van der Waals surface area contributed by atoms with E-state index in [1.54, 1.807) is 13.8 Å². The fourth-order valence-corrected chi connectivity index (χ4v) is 0.609. The highest BCUT2D eigenvalue weighted by molar-refractivity contribution is 6.95. The molecule has 0 unspecified atom stereocenters. The van der Waals surface area contributed by atoms with Crippen LogP contribution >= 0.6 is 0 Å². The molecule has 0 spiro atoms. The molecule has 0 saturated heterocycles. The lowest BCUT2D eigenvalue weighted by molar-refractivity contribution is 0.00245. The first-order valence-corrected chi connectivity index (χ1v) is 4.18. The van der Waals surface area contributed by atoms with Gasteiger partial charge < -0.3 is 15.5 Å². The number of rotatable bonds is 4. The lowest BCUT2D eigenvalue weighted by Gasteiger charge is -2.37. The van der Waals surface area contributed by atoms with E-state index in [0.29, 0.717) is 7.28 Å². The van der Waals surface area contributed by atoms with Crippen LogP contribution in [-0.2, 0) is 0 Å². The molecule has 0 saturated carbocycles. The Morgan fingerprint density at radius 1 is 1.21 bits per heavy atom. The van der Waals surface area contributed by atoms with Crippen LogP contribution in [-0.4, -0.2) is 40.3 Å². The number of amides is 1. The Labute approximate surface area is 83.7 Å². The van der Waals surface area contributed by atoms with Crippen LogP contribution < -0.4 is 5.32 Å². The highest BCUT2D eigenvalue weighted by atomic mass is 16.4. The van der Waals surface area contributed by atoms with Gasteiger partial charge in [0.05, 0.1) is 11.1 Å². The van der Waals surface area contributed by atoms with E-state index in [2.05, 4.69) is 5.32 Å². The number of aliphatic hydroxyl groups is 1. The Hall–Kier alpha value is -1.04. The summed E-state index contributed by atoms with van der Waals surface area (Å²) in [6.07, 6.45) is 0. The number of nitrogens with one attached hydrogen (secondary N) is 1. The third kappa shape index (κ3) is 3.78. The van der Waals surface area contributed by atoms with Gasteiger partial charge in [0.1, 0.15) is 0 Å². The summed E-state index contributed by atoms with van der Waals surface area (Å²) in [6, 6.07) is 0. The van der Waals surface area contributed by atoms with Crippen molar-refractivity contribution in [2.75, 3.05) is 0 Å². The maximum absolute atomic E-state index is 11.1. The Balaban J connectivity index is 4.37. The third-order valence-corrected chi connectivity index (χ3v) is 2.22. The molecule has 79 valence electrons. The minimum Gasteiger partial charge on any atom is -0.489 e. The topological polar surface area (TPSA) is 86.6 Å². The fourth-order valence-electron chi connectivity index (χ4n) is 0.609. The number of hydrogen-bond donors (Lipinski definition) is 3. The quantitative estimate of drug-likeness (QED) is 0.580. The molecular weight excluding hydrogens is 185 g/mol. The van der Waals surface area contributed by atoms with E-state index in [0.717, 1.165) is 0 Å². The molecule has 3 N–H and O–H groups in total. The van der Waals surface area contributed by atoms with Gasteiger partial charge in [0.2, 0.25) is 0 Å². The van der Waals surface area contributed by atoms with Gasteiger partial charge in [-0.3, -0.25) is 9.59 Å². The van der Waals surface area contributed by atoms with Gasteiger partial charge in [0.15, 0.2) is 5.81 Å². The summed E-state index contributed by atoms with van der Waals surface area (Å²) in [5, 5.41) is 20.4. The molecule has 0 bridgehead atoms. The first kappa shape index (κ1) is 13.0. The summed E-state index contributed by atoms with van der Waals surface area (Å²) in [5.74, 6) is -2.04. The van der Waals surface area contributed by atoms with Crippen LogP contribution in [0.25, 0.3) is 0 Å². The minimum absolute atomic E-state index is 0.521. The van der Waals surface area contributed by atoms with Crippen LogP contribution in [0.4, 0.5) is 9.59 Å². The molecule has 1 radical (unpaired) electrons. The van der Waals surface area contributed by atoms with Crippen molar-refractivity contribution >= 4 is 19.0 Å². The van der Waals surface area contributed by atoms with Crippen LogP contribution in [0.5, 0.6) is 0 Å². The first-order chi connectivity index (χ1) is 6.06. The normalized spacial score (nSPS) is 12.1. The molecule has 1 amide bonds. The Morgan fingerprint density at radius 2 is 1.64 bits per heavy atom. The molecule has 0 fully saturated rings. The molecule has 0 aliphatic heterocycles. The van der Waals surface area contributed by atoms with Crippen LogP contribution in [0.2, 0.25) is 0 Å². The summed E-state index contributed by atoms with van der Waals surface area (Å²) < 4.78 is 0. The lowest BCUT2D eigenvalue weighted by atomic mass is 9.75. The maximum atomic E-state index is 11.1. The molecule has 0 atom stereocenters. The molecular formula is C8H15BNO4. The van der Waals surface area contributed by atoms with E-state index >= 15 is 0 Å². The van der Waals surface area contributed by atoms with Crippen molar-refractivity contribution in [1.82, 2.24) is 5.32 Å². The SMILES string of the molecule is CC(C)(O)C(C)(C)NC(=O)[B]C(=O)O. The number of carbonyl (C=O) groups is 2. The zero-order valence-corrected chi connectivity index (χ0v) is 8.79. The van der Waals surface area contributed by atoms with E-state index in [4.69, 9.17) is 5.11 Å². The van der Waals surface area contributed by atoms with Crippen molar-refractivity contribution in [3.05, 3.63) is 0 Å². The van der Waals surface area contributed by atoms with E-state index in [1.165, 1.54) is 13.8 Å². The number of hydrogen-bond acceptors (Lipinski definition) is 3. The van der Waals surface area contributed by atoms with Crippen LogP contribution in [0.15, 0.2) is 0 Å². The van der Waals surface area contributed by atoms with Crippen LogP contribution in [0.3, 0.4) is 0 Å². The largest absolute Gasteiger partial charge is 0.489 e. The van der Waals surface area contributed by atoms with Gasteiger partial charge in [0, 0.05) is 0 Å². The Bertz CT molecular complexity index is 244. The maximum Gasteiger partial charge on any atom is 0.377 e. The van der Waals surface area contributed by atoms with Crippen molar-refractivity contribution in [1.29, 1.82) is 0 Å².